The molecular weight excluding hydrogens is 238 g/mol. The van der Waals surface area contributed by atoms with Gasteiger partial charge in [0.2, 0.25) is 0 Å². The quantitative estimate of drug-likeness (QED) is 0.736. The molecule has 1 heterocycles. The Kier molecular flexibility index (Phi) is 5.11. The highest BCUT2D eigenvalue weighted by atomic mass is 15.1. The zero-order valence-corrected chi connectivity index (χ0v) is 12.7. The Labute approximate surface area is 116 Å². The molecular formula is C14H27N5. The van der Waals surface area contributed by atoms with Gasteiger partial charge in [0.05, 0.1) is 0 Å². The zero-order valence-electron chi connectivity index (χ0n) is 12.7. The molecule has 4 N–H and O–H groups in total. The van der Waals surface area contributed by atoms with E-state index in [1.165, 1.54) is 0 Å². The molecule has 19 heavy (non-hydrogen) atoms. The average molecular weight is 265 g/mol. The van der Waals surface area contributed by atoms with Crippen LogP contribution in [0.2, 0.25) is 0 Å². The number of nitrogens with two attached hydrogens (primary N) is 1. The van der Waals surface area contributed by atoms with Crippen molar-refractivity contribution in [3.63, 3.8) is 0 Å². The number of nitrogens with zero attached hydrogens (tertiary/aromatic N) is 2. The molecule has 0 radical (unpaired) electrons. The van der Waals surface area contributed by atoms with Gasteiger partial charge in [-0.2, -0.15) is 0 Å². The molecule has 0 unspecified atom stereocenters. The zero-order chi connectivity index (χ0) is 14.5. The highest BCUT2D eigenvalue weighted by Gasteiger charge is 2.17. The van der Waals surface area contributed by atoms with E-state index in [1.54, 1.807) is 6.33 Å². The van der Waals surface area contributed by atoms with E-state index in [4.69, 9.17) is 5.73 Å². The van der Waals surface area contributed by atoms with Crippen molar-refractivity contribution >= 4 is 11.6 Å². The molecule has 0 aliphatic carbocycles. The second-order valence-electron chi connectivity index (χ2n) is 6.75. The van der Waals surface area contributed by atoms with Gasteiger partial charge in [0.1, 0.15) is 18.0 Å². The minimum atomic E-state index is -0.0651. The topological polar surface area (TPSA) is 75.9 Å². The summed E-state index contributed by atoms with van der Waals surface area (Å²) < 4.78 is 0. The van der Waals surface area contributed by atoms with E-state index in [0.717, 1.165) is 24.6 Å². The number of aromatic nitrogens is 2. The van der Waals surface area contributed by atoms with Crippen LogP contribution in [-0.4, -0.2) is 28.6 Å². The molecule has 1 aromatic rings. The first-order chi connectivity index (χ1) is 8.72. The number of anilines is 2. The van der Waals surface area contributed by atoms with E-state index in [0.29, 0.717) is 6.54 Å². The van der Waals surface area contributed by atoms with Gasteiger partial charge in [-0.05, 0) is 32.2 Å². The largest absolute Gasteiger partial charge is 0.369 e. The Bertz CT molecular complexity index is 395. The summed E-state index contributed by atoms with van der Waals surface area (Å²) in [4.78, 5) is 8.48. The smallest absolute Gasteiger partial charge is 0.131 e. The molecule has 0 fully saturated rings. The molecule has 0 saturated heterocycles. The fourth-order valence-electron chi connectivity index (χ4n) is 1.65. The lowest BCUT2D eigenvalue weighted by Crippen LogP contribution is -2.33. The van der Waals surface area contributed by atoms with Gasteiger partial charge in [-0.3, -0.25) is 0 Å². The number of hydrogen-bond donors (Lipinski definition) is 3. The molecule has 5 nitrogen and oxygen atoms in total. The number of nitrogens with one attached hydrogen (secondary N) is 2. The first-order valence-corrected chi connectivity index (χ1v) is 6.76. The van der Waals surface area contributed by atoms with Gasteiger partial charge in [-0.25, -0.2) is 9.97 Å². The van der Waals surface area contributed by atoms with E-state index >= 15 is 0 Å². The van der Waals surface area contributed by atoms with Crippen LogP contribution in [0, 0.1) is 5.41 Å². The van der Waals surface area contributed by atoms with Gasteiger partial charge >= 0.3 is 0 Å². The van der Waals surface area contributed by atoms with Crippen LogP contribution in [0.3, 0.4) is 0 Å². The fourth-order valence-corrected chi connectivity index (χ4v) is 1.65. The lowest BCUT2D eigenvalue weighted by atomic mass is 9.97. The van der Waals surface area contributed by atoms with Crippen LogP contribution in [0.15, 0.2) is 12.4 Å². The predicted molar refractivity (Wildman–Crippen MR) is 81.3 cm³/mol. The van der Waals surface area contributed by atoms with Crippen LogP contribution in [0.4, 0.5) is 11.6 Å². The van der Waals surface area contributed by atoms with E-state index in [9.17, 15) is 0 Å². The Morgan fingerprint density at radius 1 is 1.11 bits per heavy atom. The fraction of sp³-hybridized carbons (Fsp3) is 0.714. The monoisotopic (exact) mass is 265 g/mol. The van der Waals surface area contributed by atoms with Gasteiger partial charge < -0.3 is 16.4 Å². The third-order valence-corrected chi connectivity index (χ3v) is 2.70. The minimum Gasteiger partial charge on any atom is -0.369 e. The summed E-state index contributed by atoms with van der Waals surface area (Å²) in [5, 5.41) is 6.71. The van der Waals surface area contributed by atoms with Gasteiger partial charge in [0, 0.05) is 18.2 Å². The summed E-state index contributed by atoms with van der Waals surface area (Å²) >= 11 is 0. The van der Waals surface area contributed by atoms with Gasteiger partial charge in [0.25, 0.3) is 0 Å². The maximum absolute atomic E-state index is 5.61. The minimum absolute atomic E-state index is 0.0651. The third-order valence-electron chi connectivity index (χ3n) is 2.70. The summed E-state index contributed by atoms with van der Waals surface area (Å²) in [5.41, 5.74) is 5.76. The highest BCUT2D eigenvalue weighted by molar-refractivity contribution is 5.47. The molecule has 0 bridgehead atoms. The molecule has 108 valence electrons. The van der Waals surface area contributed by atoms with Crippen molar-refractivity contribution in [3.05, 3.63) is 12.4 Å². The molecule has 0 atom stereocenters. The van der Waals surface area contributed by atoms with Crippen LogP contribution in [0.5, 0.6) is 0 Å². The maximum atomic E-state index is 5.61. The van der Waals surface area contributed by atoms with E-state index in [2.05, 4.69) is 55.2 Å². The van der Waals surface area contributed by atoms with Crippen molar-refractivity contribution < 1.29 is 0 Å². The lowest BCUT2D eigenvalue weighted by Gasteiger charge is -2.26. The normalized spacial score (nSPS) is 12.3. The Balaban J connectivity index is 2.67. The number of rotatable bonds is 6. The van der Waals surface area contributed by atoms with Gasteiger partial charge in [-0.1, -0.05) is 20.8 Å². The van der Waals surface area contributed by atoms with Crippen LogP contribution in [0.1, 0.15) is 41.0 Å². The van der Waals surface area contributed by atoms with Gasteiger partial charge in [-0.15, -0.1) is 0 Å². The SMILES string of the molecule is CC(C)(C)CNc1cc(NC(C)(C)CCN)ncn1. The second-order valence-corrected chi connectivity index (χ2v) is 6.75. The lowest BCUT2D eigenvalue weighted by molar-refractivity contribution is 0.442. The summed E-state index contributed by atoms with van der Waals surface area (Å²) in [5.74, 6) is 1.67. The van der Waals surface area contributed by atoms with E-state index in [-0.39, 0.29) is 11.0 Å². The van der Waals surface area contributed by atoms with Crippen LogP contribution in [0.25, 0.3) is 0 Å². The highest BCUT2D eigenvalue weighted by Crippen LogP contribution is 2.19. The van der Waals surface area contributed by atoms with Crippen molar-refractivity contribution in [2.45, 2.75) is 46.6 Å². The van der Waals surface area contributed by atoms with Crippen molar-refractivity contribution in [1.82, 2.24) is 9.97 Å². The van der Waals surface area contributed by atoms with E-state index < -0.39 is 0 Å². The summed E-state index contributed by atoms with van der Waals surface area (Å²) in [7, 11) is 0. The standard InChI is InChI=1S/C14H27N5/c1-13(2,3)9-16-11-8-12(18-10-17-11)19-14(4,5)6-7-15/h8,10H,6-7,9,15H2,1-5H3,(H2,16,17,18,19). The number of hydrogen-bond acceptors (Lipinski definition) is 5. The Morgan fingerprint density at radius 2 is 1.74 bits per heavy atom. The van der Waals surface area contributed by atoms with E-state index in [1.807, 2.05) is 6.07 Å². The summed E-state index contributed by atoms with van der Waals surface area (Å²) in [6, 6.07) is 1.93. The molecule has 0 aliphatic rings. The van der Waals surface area contributed by atoms with Crippen molar-refractivity contribution in [2.75, 3.05) is 23.7 Å². The summed E-state index contributed by atoms with van der Waals surface area (Å²) in [6.07, 6.45) is 2.47. The van der Waals surface area contributed by atoms with Gasteiger partial charge in [0.15, 0.2) is 0 Å². The molecule has 1 rings (SSSR count). The van der Waals surface area contributed by atoms with Crippen LogP contribution in [-0.2, 0) is 0 Å². The molecule has 0 spiro atoms. The first-order valence-electron chi connectivity index (χ1n) is 6.76. The molecule has 1 aromatic heterocycles. The maximum Gasteiger partial charge on any atom is 0.131 e. The third kappa shape index (κ3) is 6.38. The van der Waals surface area contributed by atoms with Crippen LogP contribution >= 0.6 is 0 Å². The van der Waals surface area contributed by atoms with Crippen molar-refractivity contribution in [1.29, 1.82) is 0 Å². The second kappa shape index (κ2) is 6.19. The first kappa shape index (κ1) is 15.7. The van der Waals surface area contributed by atoms with Crippen LogP contribution < -0.4 is 16.4 Å². The Hall–Kier alpha value is -1.36. The molecule has 0 aromatic carbocycles. The Morgan fingerprint density at radius 3 is 2.32 bits per heavy atom. The molecule has 0 amide bonds. The average Bonchev–Trinajstić information content (AvgIpc) is 2.25. The molecule has 5 heteroatoms. The van der Waals surface area contributed by atoms with Crippen molar-refractivity contribution in [2.24, 2.45) is 11.1 Å². The van der Waals surface area contributed by atoms with Crippen molar-refractivity contribution in [3.8, 4) is 0 Å². The molecule has 0 aliphatic heterocycles. The molecule has 0 saturated carbocycles. The summed E-state index contributed by atoms with van der Waals surface area (Å²) in [6.45, 7) is 12.3. The predicted octanol–water partition coefficient (Wildman–Crippen LogP) is 2.47.